The van der Waals surface area contributed by atoms with Crippen LogP contribution in [0.15, 0.2) is 41.6 Å². The molecule has 0 aliphatic heterocycles. The number of carbonyl (C=O) groups is 1. The average Bonchev–Trinajstić information content (AvgIpc) is 2.96. The minimum Gasteiger partial charge on any atom is -0.482 e. The summed E-state index contributed by atoms with van der Waals surface area (Å²) < 4.78 is 20.2. The number of nitrogen functional groups attached to an aromatic ring is 1. The molecular weight excluding hydrogens is 357 g/mol. The van der Waals surface area contributed by atoms with Crippen LogP contribution in [0, 0.1) is 5.82 Å². The quantitative estimate of drug-likeness (QED) is 0.408. The van der Waals surface area contributed by atoms with Crippen molar-refractivity contribution >= 4 is 17.7 Å². The molecule has 0 atom stereocenters. The number of likely N-dealkylation sites (N-methyl/N-ethyl adjacent to an activating group) is 1. The van der Waals surface area contributed by atoms with Crippen LogP contribution in [0.25, 0.3) is 0 Å². The van der Waals surface area contributed by atoms with E-state index < -0.39 is 5.82 Å². The topological polar surface area (TPSA) is 86.3 Å². The molecule has 26 heavy (non-hydrogen) atoms. The molecule has 0 aliphatic rings. The minimum atomic E-state index is -0.465. The van der Waals surface area contributed by atoms with Gasteiger partial charge in [0.25, 0.3) is 0 Å². The summed E-state index contributed by atoms with van der Waals surface area (Å²) in [4.78, 5) is 14.0. The van der Waals surface area contributed by atoms with Gasteiger partial charge in [0.2, 0.25) is 11.1 Å². The molecule has 0 saturated heterocycles. The molecule has 140 valence electrons. The summed E-state index contributed by atoms with van der Waals surface area (Å²) in [5.41, 5.74) is 0.916. The predicted molar refractivity (Wildman–Crippen MR) is 98.7 cm³/mol. The van der Waals surface area contributed by atoms with E-state index in [4.69, 9.17) is 10.6 Å². The van der Waals surface area contributed by atoms with Crippen LogP contribution in [0.2, 0.25) is 0 Å². The number of para-hydroxylation sites is 1. The van der Waals surface area contributed by atoms with Gasteiger partial charge in [0, 0.05) is 13.1 Å². The summed E-state index contributed by atoms with van der Waals surface area (Å²) in [7, 11) is 0. The van der Waals surface area contributed by atoms with Crippen molar-refractivity contribution in [2.75, 3.05) is 24.7 Å². The van der Waals surface area contributed by atoms with Crippen LogP contribution in [0.5, 0.6) is 5.75 Å². The number of hydrogen-bond acceptors (Lipinski definition) is 6. The number of thioether (sulfide) groups is 1. The second kappa shape index (κ2) is 9.23. The predicted octanol–water partition coefficient (Wildman–Crippen LogP) is 2.23. The number of nitrogens with two attached hydrogens (primary N) is 1. The third kappa shape index (κ3) is 5.22. The van der Waals surface area contributed by atoms with Crippen LogP contribution in [0.3, 0.4) is 0 Å². The molecule has 7 nitrogen and oxygen atoms in total. The van der Waals surface area contributed by atoms with E-state index in [1.165, 1.54) is 28.6 Å². The smallest absolute Gasteiger partial charge is 0.233 e. The molecule has 0 unspecified atom stereocenters. The molecule has 1 aromatic carbocycles. The molecule has 9 heteroatoms. The van der Waals surface area contributed by atoms with Crippen molar-refractivity contribution in [3.63, 3.8) is 0 Å². The molecular formula is C17H22FN5O2S. The van der Waals surface area contributed by atoms with Crippen LogP contribution in [-0.4, -0.2) is 44.5 Å². The zero-order valence-electron chi connectivity index (χ0n) is 14.8. The molecule has 1 heterocycles. The number of carbonyl (C=O) groups excluding carboxylic acids is 1. The van der Waals surface area contributed by atoms with E-state index in [1.54, 1.807) is 17.0 Å². The molecule has 0 bridgehead atoms. The first-order valence-corrected chi connectivity index (χ1v) is 9.02. The van der Waals surface area contributed by atoms with Gasteiger partial charge in [-0.1, -0.05) is 36.0 Å². The van der Waals surface area contributed by atoms with Crippen molar-refractivity contribution in [3.8, 4) is 5.75 Å². The molecule has 0 saturated carbocycles. The number of nitrogens with zero attached hydrogens (tertiary/aromatic N) is 4. The molecule has 0 radical (unpaired) electrons. The molecule has 2 rings (SSSR count). The molecule has 1 aromatic heterocycles. The van der Waals surface area contributed by atoms with Gasteiger partial charge in [-0.25, -0.2) is 9.07 Å². The van der Waals surface area contributed by atoms with Crippen LogP contribution in [0.4, 0.5) is 4.39 Å². The van der Waals surface area contributed by atoms with Gasteiger partial charge >= 0.3 is 0 Å². The van der Waals surface area contributed by atoms with Gasteiger partial charge in [-0.15, -0.1) is 10.2 Å². The normalized spacial score (nSPS) is 10.6. The van der Waals surface area contributed by atoms with Crippen LogP contribution in [-0.2, 0) is 11.4 Å². The van der Waals surface area contributed by atoms with E-state index in [-0.39, 0.29) is 24.0 Å². The van der Waals surface area contributed by atoms with Gasteiger partial charge in [0.05, 0.1) is 5.75 Å². The Hall–Kier alpha value is -2.55. The number of aromatic nitrogens is 3. The van der Waals surface area contributed by atoms with Crippen molar-refractivity contribution in [1.82, 2.24) is 19.8 Å². The number of benzene rings is 1. The number of halogens is 1. The molecule has 0 aliphatic carbocycles. The zero-order valence-corrected chi connectivity index (χ0v) is 15.6. The van der Waals surface area contributed by atoms with Gasteiger partial charge in [0.1, 0.15) is 6.61 Å². The summed E-state index contributed by atoms with van der Waals surface area (Å²) >= 11 is 1.19. The summed E-state index contributed by atoms with van der Waals surface area (Å²) in [5, 5.41) is 8.28. The maximum absolute atomic E-state index is 13.6. The number of ether oxygens (including phenoxy) is 1. The lowest BCUT2D eigenvalue weighted by molar-refractivity contribution is -0.127. The van der Waals surface area contributed by atoms with E-state index in [2.05, 4.69) is 16.8 Å². The SMILES string of the molecule is C=C(C)CN(CC)C(=O)CSc1nnc(COc2ccccc2F)n1N. The fourth-order valence-corrected chi connectivity index (χ4v) is 2.91. The van der Waals surface area contributed by atoms with Gasteiger partial charge < -0.3 is 15.5 Å². The highest BCUT2D eigenvalue weighted by atomic mass is 32.2. The maximum Gasteiger partial charge on any atom is 0.233 e. The van der Waals surface area contributed by atoms with E-state index in [1.807, 2.05) is 13.8 Å². The van der Waals surface area contributed by atoms with Gasteiger partial charge in [0.15, 0.2) is 17.4 Å². The second-order valence-corrected chi connectivity index (χ2v) is 6.58. The Bertz CT molecular complexity index is 780. The molecule has 1 amide bonds. The highest BCUT2D eigenvalue weighted by Crippen LogP contribution is 2.19. The summed E-state index contributed by atoms with van der Waals surface area (Å²) in [6.07, 6.45) is 0. The Balaban J connectivity index is 1.93. The fraction of sp³-hybridized carbons (Fsp3) is 0.353. The van der Waals surface area contributed by atoms with Gasteiger partial charge in [-0.2, -0.15) is 0 Å². The number of rotatable bonds is 9. The van der Waals surface area contributed by atoms with Crippen LogP contribution < -0.4 is 10.6 Å². The number of amides is 1. The summed E-state index contributed by atoms with van der Waals surface area (Å²) in [6.45, 7) is 8.70. The van der Waals surface area contributed by atoms with Crippen molar-refractivity contribution in [2.45, 2.75) is 25.6 Å². The van der Waals surface area contributed by atoms with E-state index in [0.29, 0.717) is 24.1 Å². The fourth-order valence-electron chi connectivity index (χ4n) is 2.13. The summed E-state index contributed by atoms with van der Waals surface area (Å²) in [5.74, 6) is 6.07. The molecule has 0 spiro atoms. The van der Waals surface area contributed by atoms with E-state index in [0.717, 1.165) is 5.57 Å². The van der Waals surface area contributed by atoms with Gasteiger partial charge in [-0.3, -0.25) is 4.79 Å². The Morgan fingerprint density at radius 3 is 2.81 bits per heavy atom. The second-order valence-electron chi connectivity index (χ2n) is 5.64. The minimum absolute atomic E-state index is 0.0321. The van der Waals surface area contributed by atoms with Crippen molar-refractivity contribution < 1.29 is 13.9 Å². The number of hydrogen-bond donors (Lipinski definition) is 1. The third-order valence-electron chi connectivity index (χ3n) is 3.45. The summed E-state index contributed by atoms with van der Waals surface area (Å²) in [6, 6.07) is 6.07. The average molecular weight is 379 g/mol. The first-order valence-electron chi connectivity index (χ1n) is 8.04. The lowest BCUT2D eigenvalue weighted by atomic mass is 10.3. The molecule has 0 fully saturated rings. The lowest BCUT2D eigenvalue weighted by Gasteiger charge is -2.20. The monoisotopic (exact) mass is 379 g/mol. The first kappa shape index (κ1) is 19.8. The van der Waals surface area contributed by atoms with E-state index in [9.17, 15) is 9.18 Å². The lowest BCUT2D eigenvalue weighted by Crippen LogP contribution is -2.33. The van der Waals surface area contributed by atoms with E-state index >= 15 is 0 Å². The zero-order chi connectivity index (χ0) is 19.1. The van der Waals surface area contributed by atoms with Crippen LogP contribution >= 0.6 is 11.8 Å². The molecule has 2 aromatic rings. The Kier molecular flexibility index (Phi) is 7.02. The van der Waals surface area contributed by atoms with Crippen molar-refractivity contribution in [1.29, 1.82) is 0 Å². The Morgan fingerprint density at radius 2 is 2.15 bits per heavy atom. The van der Waals surface area contributed by atoms with Crippen molar-refractivity contribution in [2.24, 2.45) is 0 Å². The maximum atomic E-state index is 13.6. The third-order valence-corrected chi connectivity index (χ3v) is 4.38. The largest absolute Gasteiger partial charge is 0.482 e. The standard InChI is InChI=1S/C17H22FN5O2S/c1-4-22(9-12(2)3)16(24)11-26-17-21-20-15(23(17)19)10-25-14-8-6-5-7-13(14)18/h5-8H,2,4,9-11,19H2,1,3H3. The molecule has 2 N–H and O–H groups in total. The van der Waals surface area contributed by atoms with Crippen molar-refractivity contribution in [3.05, 3.63) is 48.1 Å². The highest BCUT2D eigenvalue weighted by molar-refractivity contribution is 7.99. The first-order chi connectivity index (χ1) is 12.4. The van der Waals surface area contributed by atoms with Gasteiger partial charge in [-0.05, 0) is 26.0 Å². The van der Waals surface area contributed by atoms with Crippen LogP contribution in [0.1, 0.15) is 19.7 Å². The Morgan fingerprint density at radius 1 is 1.42 bits per heavy atom. The highest BCUT2D eigenvalue weighted by Gasteiger charge is 2.16. The Labute approximate surface area is 156 Å².